The second kappa shape index (κ2) is 3.81. The number of rotatable bonds is 2. The Kier molecular flexibility index (Phi) is 2.48. The summed E-state index contributed by atoms with van der Waals surface area (Å²) in [4.78, 5) is 1.90. The molecule has 0 radical (unpaired) electrons. The fraction of sp³-hybridized carbons (Fsp3) is 0.167. The Morgan fingerprint density at radius 3 is 2.50 bits per heavy atom. The Morgan fingerprint density at radius 1 is 1.06 bits per heavy atom. The highest BCUT2D eigenvalue weighted by Crippen LogP contribution is 2.35. The highest BCUT2D eigenvalue weighted by Gasteiger charge is 2.13. The molecule has 4 heteroatoms. The predicted octanol–water partition coefficient (Wildman–Crippen LogP) is 2.18. The zero-order valence-electron chi connectivity index (χ0n) is 9.40. The number of hydrogen-bond acceptors (Lipinski definition) is 4. The summed E-state index contributed by atoms with van der Waals surface area (Å²) in [7, 11) is 3.84. The van der Waals surface area contributed by atoms with Crippen molar-refractivity contribution in [3.05, 3.63) is 30.5 Å². The topological polar surface area (TPSA) is 68.4 Å². The minimum atomic E-state index is 0.690. The van der Waals surface area contributed by atoms with Crippen LogP contribution >= 0.6 is 0 Å². The first-order valence-corrected chi connectivity index (χ1v) is 5.00. The molecule has 84 valence electrons. The number of benzene rings is 1. The molecule has 0 bridgehead atoms. The number of nitrogens with two attached hydrogens (primary N) is 2. The average molecular weight is 217 g/mol. The third-order valence-corrected chi connectivity index (χ3v) is 2.42. The number of furan rings is 1. The molecule has 1 aromatic carbocycles. The van der Waals surface area contributed by atoms with Gasteiger partial charge >= 0.3 is 0 Å². The molecule has 0 atom stereocenters. The summed E-state index contributed by atoms with van der Waals surface area (Å²) in [5.41, 5.74) is 14.9. The molecule has 0 amide bonds. The fourth-order valence-corrected chi connectivity index (χ4v) is 1.66. The van der Waals surface area contributed by atoms with Crippen LogP contribution in [0.5, 0.6) is 0 Å². The van der Waals surface area contributed by atoms with Crippen molar-refractivity contribution >= 4 is 17.3 Å². The molecule has 0 saturated carbocycles. The lowest BCUT2D eigenvalue weighted by molar-refractivity contribution is 0.566. The fourth-order valence-electron chi connectivity index (χ4n) is 1.66. The van der Waals surface area contributed by atoms with Gasteiger partial charge in [-0.15, -0.1) is 0 Å². The first-order valence-electron chi connectivity index (χ1n) is 5.00. The minimum absolute atomic E-state index is 0.690. The van der Waals surface area contributed by atoms with Gasteiger partial charge < -0.3 is 20.8 Å². The molecule has 0 saturated heterocycles. The van der Waals surface area contributed by atoms with Gasteiger partial charge in [-0.1, -0.05) is 0 Å². The number of nitrogens with zero attached hydrogens (tertiary/aromatic N) is 1. The summed E-state index contributed by atoms with van der Waals surface area (Å²) in [5, 5.41) is 0. The Balaban J connectivity index is 2.58. The van der Waals surface area contributed by atoms with Gasteiger partial charge in [0, 0.05) is 36.6 Å². The van der Waals surface area contributed by atoms with Crippen molar-refractivity contribution in [2.75, 3.05) is 30.5 Å². The third kappa shape index (κ3) is 1.69. The summed E-state index contributed by atoms with van der Waals surface area (Å²) < 4.78 is 5.40. The number of anilines is 3. The lowest BCUT2D eigenvalue weighted by Crippen LogP contribution is -2.08. The van der Waals surface area contributed by atoms with Crippen LogP contribution in [0.3, 0.4) is 0 Å². The number of nitrogen functional groups attached to an aromatic ring is 2. The summed E-state index contributed by atoms with van der Waals surface area (Å²) in [5.74, 6) is 0.775. The van der Waals surface area contributed by atoms with Crippen LogP contribution in [-0.2, 0) is 0 Å². The maximum absolute atomic E-state index is 5.93. The van der Waals surface area contributed by atoms with Crippen LogP contribution in [0.1, 0.15) is 0 Å². The summed E-state index contributed by atoms with van der Waals surface area (Å²) in [6.07, 6.45) is 1.65. The average Bonchev–Trinajstić information content (AvgIpc) is 2.70. The highest BCUT2D eigenvalue weighted by molar-refractivity contribution is 5.85. The van der Waals surface area contributed by atoms with Crippen molar-refractivity contribution in [3.63, 3.8) is 0 Å². The Morgan fingerprint density at radius 2 is 1.81 bits per heavy atom. The molecule has 0 fully saturated rings. The van der Waals surface area contributed by atoms with Crippen molar-refractivity contribution in [2.45, 2.75) is 0 Å². The van der Waals surface area contributed by atoms with Gasteiger partial charge in [-0.2, -0.15) is 0 Å². The Labute approximate surface area is 94.5 Å². The quantitative estimate of drug-likeness (QED) is 0.756. The molecule has 1 aromatic heterocycles. The van der Waals surface area contributed by atoms with Gasteiger partial charge in [-0.3, -0.25) is 0 Å². The maximum Gasteiger partial charge on any atom is 0.202 e. The van der Waals surface area contributed by atoms with E-state index in [2.05, 4.69) is 0 Å². The van der Waals surface area contributed by atoms with E-state index in [0.717, 1.165) is 17.0 Å². The number of hydrogen-bond donors (Lipinski definition) is 2. The Hall–Kier alpha value is -2.10. The van der Waals surface area contributed by atoms with E-state index in [4.69, 9.17) is 15.9 Å². The predicted molar refractivity (Wildman–Crippen MR) is 67.3 cm³/mol. The van der Waals surface area contributed by atoms with E-state index in [1.54, 1.807) is 18.4 Å². The first-order chi connectivity index (χ1) is 7.59. The molecule has 0 spiro atoms. The summed E-state index contributed by atoms with van der Waals surface area (Å²) >= 11 is 0. The van der Waals surface area contributed by atoms with Gasteiger partial charge in [0.2, 0.25) is 5.88 Å². The summed E-state index contributed by atoms with van der Waals surface area (Å²) in [6, 6.07) is 7.33. The lowest BCUT2D eigenvalue weighted by atomic mass is 10.1. The van der Waals surface area contributed by atoms with Crippen molar-refractivity contribution in [3.8, 4) is 11.1 Å². The summed E-state index contributed by atoms with van der Waals surface area (Å²) in [6.45, 7) is 0. The van der Waals surface area contributed by atoms with Gasteiger partial charge in [-0.05, 0) is 24.3 Å². The van der Waals surface area contributed by atoms with Crippen LogP contribution in [0.4, 0.5) is 17.3 Å². The molecule has 0 aliphatic heterocycles. The minimum Gasteiger partial charge on any atom is -0.448 e. The van der Waals surface area contributed by atoms with Crippen LogP contribution in [0, 0.1) is 0 Å². The van der Waals surface area contributed by atoms with Crippen molar-refractivity contribution in [1.82, 2.24) is 0 Å². The zero-order valence-corrected chi connectivity index (χ0v) is 9.40. The Bertz CT molecular complexity index is 503. The molecule has 4 nitrogen and oxygen atoms in total. The largest absolute Gasteiger partial charge is 0.448 e. The van der Waals surface area contributed by atoms with Crippen LogP contribution in [0.2, 0.25) is 0 Å². The van der Waals surface area contributed by atoms with Crippen molar-refractivity contribution < 1.29 is 4.42 Å². The first kappa shape index (κ1) is 10.4. The van der Waals surface area contributed by atoms with Gasteiger partial charge in [0.05, 0.1) is 6.26 Å². The van der Waals surface area contributed by atoms with E-state index >= 15 is 0 Å². The smallest absolute Gasteiger partial charge is 0.202 e. The van der Waals surface area contributed by atoms with Gasteiger partial charge in [0.25, 0.3) is 0 Å². The maximum atomic E-state index is 5.93. The normalized spacial score (nSPS) is 10.4. The van der Waals surface area contributed by atoms with Crippen LogP contribution in [0.25, 0.3) is 11.1 Å². The van der Waals surface area contributed by atoms with E-state index in [0.29, 0.717) is 11.4 Å². The molecule has 4 N–H and O–H groups in total. The molecule has 0 unspecified atom stereocenters. The van der Waals surface area contributed by atoms with E-state index in [-0.39, 0.29) is 0 Å². The van der Waals surface area contributed by atoms with E-state index in [1.165, 1.54) is 0 Å². The van der Waals surface area contributed by atoms with Crippen LogP contribution < -0.4 is 16.4 Å². The van der Waals surface area contributed by atoms with Gasteiger partial charge in [0.1, 0.15) is 0 Å². The molecule has 0 aliphatic rings. The lowest BCUT2D eigenvalue weighted by Gasteiger charge is -2.12. The monoisotopic (exact) mass is 217 g/mol. The van der Waals surface area contributed by atoms with E-state index in [1.807, 2.05) is 31.1 Å². The van der Waals surface area contributed by atoms with Crippen LogP contribution in [0.15, 0.2) is 34.9 Å². The SMILES string of the molecule is CN(C)c1occc1-c1cc(N)ccc1N. The standard InChI is InChI=1S/C12H15N3O/c1-15(2)12-9(5-6-16-12)10-7-8(13)3-4-11(10)14/h3-7H,13-14H2,1-2H3. The molecular formula is C12H15N3O. The molecule has 0 aliphatic carbocycles. The molecule has 2 aromatic rings. The second-order valence-electron chi connectivity index (χ2n) is 3.88. The van der Waals surface area contributed by atoms with E-state index in [9.17, 15) is 0 Å². The molecule has 2 rings (SSSR count). The molecule has 1 heterocycles. The van der Waals surface area contributed by atoms with E-state index < -0.39 is 0 Å². The molecule has 16 heavy (non-hydrogen) atoms. The van der Waals surface area contributed by atoms with Crippen LogP contribution in [-0.4, -0.2) is 14.1 Å². The third-order valence-electron chi connectivity index (χ3n) is 2.42. The van der Waals surface area contributed by atoms with Crippen molar-refractivity contribution in [1.29, 1.82) is 0 Å². The highest BCUT2D eigenvalue weighted by atomic mass is 16.3. The second-order valence-corrected chi connectivity index (χ2v) is 3.88. The van der Waals surface area contributed by atoms with Gasteiger partial charge in [0.15, 0.2) is 0 Å². The van der Waals surface area contributed by atoms with Gasteiger partial charge in [-0.25, -0.2) is 0 Å². The van der Waals surface area contributed by atoms with Crippen molar-refractivity contribution in [2.24, 2.45) is 0 Å². The zero-order chi connectivity index (χ0) is 11.7. The molecular weight excluding hydrogens is 202 g/mol.